The molecule has 0 spiro atoms. The van der Waals surface area contributed by atoms with Gasteiger partial charge in [0.1, 0.15) is 23.5 Å². The number of aromatic nitrogens is 3. The van der Waals surface area contributed by atoms with Gasteiger partial charge in [-0.2, -0.15) is 26.3 Å². The molecule has 0 atom stereocenters. The number of ether oxygens (including phenoxy) is 2. The summed E-state index contributed by atoms with van der Waals surface area (Å²) in [5.41, 5.74) is 4.50. The number of carboxylic acid groups (broad SMARTS) is 2. The minimum atomic E-state index is -5.19. The van der Waals surface area contributed by atoms with Crippen LogP contribution in [0, 0.1) is 6.92 Å². The van der Waals surface area contributed by atoms with E-state index >= 15 is 0 Å². The van der Waals surface area contributed by atoms with Gasteiger partial charge in [-0.1, -0.05) is 6.92 Å². The molecule has 256 valence electrons. The molecule has 3 rings (SSSR count). The Bertz CT molecular complexity index is 1500. The number of H-pyrrole nitrogens is 2. The summed E-state index contributed by atoms with van der Waals surface area (Å²) in [5.74, 6) is -6.68. The number of halogens is 6. The number of nitrogens with zero attached hydrogens (tertiary/aromatic N) is 1. The molecule has 0 amide bonds. The summed E-state index contributed by atoms with van der Waals surface area (Å²) in [6, 6.07) is 4.06. The van der Waals surface area contributed by atoms with Crippen LogP contribution in [0.5, 0.6) is 0 Å². The molecule has 3 aromatic rings. The van der Waals surface area contributed by atoms with Crippen LogP contribution in [-0.2, 0) is 38.6 Å². The molecular formula is C28H34F6N4O8. The lowest BCUT2D eigenvalue weighted by atomic mass is 10.1. The first-order valence-electron chi connectivity index (χ1n) is 13.4. The van der Waals surface area contributed by atoms with Gasteiger partial charge in [0.25, 0.3) is 5.65 Å². The van der Waals surface area contributed by atoms with Crippen molar-refractivity contribution in [1.29, 1.82) is 0 Å². The van der Waals surface area contributed by atoms with E-state index in [9.17, 15) is 35.9 Å². The zero-order valence-corrected chi connectivity index (χ0v) is 25.7. The van der Waals surface area contributed by atoms with Crippen LogP contribution in [0.3, 0.4) is 0 Å². The van der Waals surface area contributed by atoms with Crippen molar-refractivity contribution >= 4 is 29.5 Å². The van der Waals surface area contributed by atoms with Gasteiger partial charge in [-0.25, -0.2) is 23.8 Å². The van der Waals surface area contributed by atoms with E-state index < -0.39 is 41.8 Å². The first kappa shape index (κ1) is 39.4. The maximum atomic E-state index is 12.8. The van der Waals surface area contributed by atoms with E-state index in [4.69, 9.17) is 29.3 Å². The summed E-state index contributed by atoms with van der Waals surface area (Å²) < 4.78 is 76.1. The number of nitrogens with one attached hydrogen (secondary N) is 3. The number of esters is 2. The Morgan fingerprint density at radius 3 is 1.98 bits per heavy atom. The monoisotopic (exact) mass is 668 g/mol. The zero-order valence-electron chi connectivity index (χ0n) is 25.7. The molecule has 12 nitrogen and oxygen atoms in total. The van der Waals surface area contributed by atoms with Gasteiger partial charge in [-0.05, 0) is 58.7 Å². The molecule has 0 aliphatic heterocycles. The summed E-state index contributed by atoms with van der Waals surface area (Å²) in [6.45, 7) is 12.3. The highest BCUT2D eigenvalue weighted by atomic mass is 19.4. The Hall–Kier alpha value is -4.61. The lowest BCUT2D eigenvalue weighted by Gasteiger charge is -2.19. The average molecular weight is 669 g/mol. The van der Waals surface area contributed by atoms with Crippen molar-refractivity contribution in [3.8, 4) is 0 Å². The van der Waals surface area contributed by atoms with Crippen LogP contribution in [0.15, 0.2) is 24.5 Å². The topological polar surface area (TPSA) is 178 Å². The number of carboxylic acids is 2. The van der Waals surface area contributed by atoms with Crippen LogP contribution in [0.4, 0.5) is 26.3 Å². The number of aryl methyl sites for hydroxylation is 1. The van der Waals surface area contributed by atoms with E-state index in [-0.39, 0.29) is 6.61 Å². The third kappa shape index (κ3) is 12.1. The number of imidazole rings is 1. The van der Waals surface area contributed by atoms with Crippen LogP contribution in [0.1, 0.15) is 78.0 Å². The Morgan fingerprint density at radius 1 is 0.978 bits per heavy atom. The fourth-order valence-corrected chi connectivity index (χ4v) is 3.71. The van der Waals surface area contributed by atoms with E-state index in [1.54, 1.807) is 6.92 Å². The number of fused-ring (bicyclic) bond motifs is 1. The molecule has 0 radical (unpaired) electrons. The SMILES string of the molecule is CCOC(=O)c1c(CNCc2c[n+]3cccc(C)c3[nH]2)[nH]c(C(=O)OC(C)(C)C)c1CC.O=C(O)C(F)(F)F.O=C([O-])C(F)(F)F. The van der Waals surface area contributed by atoms with E-state index in [0.717, 1.165) is 16.9 Å². The van der Waals surface area contributed by atoms with Crippen LogP contribution < -0.4 is 14.8 Å². The van der Waals surface area contributed by atoms with Crippen molar-refractivity contribution in [2.24, 2.45) is 0 Å². The third-order valence-electron chi connectivity index (χ3n) is 5.51. The molecule has 0 aromatic carbocycles. The van der Waals surface area contributed by atoms with Crippen molar-refractivity contribution in [2.45, 2.75) is 79.0 Å². The number of hydrogen-bond donors (Lipinski definition) is 4. The van der Waals surface area contributed by atoms with Crippen molar-refractivity contribution in [3.63, 3.8) is 0 Å². The molecule has 0 unspecified atom stereocenters. The number of aliphatic carboxylic acids is 2. The normalized spacial score (nSPS) is 11.6. The van der Waals surface area contributed by atoms with Crippen LogP contribution >= 0.6 is 0 Å². The minimum absolute atomic E-state index is 0.257. The molecule has 46 heavy (non-hydrogen) atoms. The molecule has 3 heterocycles. The summed E-state index contributed by atoms with van der Waals surface area (Å²) in [7, 11) is 0. The molecule has 0 bridgehead atoms. The summed E-state index contributed by atoms with van der Waals surface area (Å²) in [6.07, 6.45) is -5.76. The van der Waals surface area contributed by atoms with E-state index in [2.05, 4.69) is 28.3 Å². The predicted molar refractivity (Wildman–Crippen MR) is 145 cm³/mol. The Labute approximate surface area is 258 Å². The molecule has 0 aliphatic carbocycles. The standard InChI is InChI=1S/C24H32N4O4.2C2HF3O2/c1-7-17-19(22(29)31-8-2)18(27-20(17)23(30)32-24(4,5)6)13-25-12-16-14-28-11-9-10-15(3)21(28)26-16;2*3-2(4,5)1(6)7/h9-11,14,25H,7-8,12-13H2,1-6H3,(H,27,29,30);2*(H,6,7). The number of hydrogen-bond acceptors (Lipinski definition) is 8. The second-order valence-corrected chi connectivity index (χ2v) is 10.3. The van der Waals surface area contributed by atoms with Crippen LogP contribution in [0.25, 0.3) is 5.65 Å². The van der Waals surface area contributed by atoms with Crippen molar-refractivity contribution < 1.29 is 69.6 Å². The van der Waals surface area contributed by atoms with Crippen molar-refractivity contribution in [1.82, 2.24) is 15.3 Å². The van der Waals surface area contributed by atoms with Crippen molar-refractivity contribution in [2.75, 3.05) is 6.61 Å². The molecule has 18 heteroatoms. The van der Waals surface area contributed by atoms with E-state index in [0.29, 0.717) is 42.0 Å². The average Bonchev–Trinajstić information content (AvgIpc) is 3.49. The quantitative estimate of drug-likeness (QED) is 0.159. The number of carbonyl (C=O) groups excluding carboxylic acids is 3. The molecule has 0 aliphatic rings. The fourth-order valence-electron chi connectivity index (χ4n) is 3.71. The summed E-state index contributed by atoms with van der Waals surface area (Å²) >= 11 is 0. The van der Waals surface area contributed by atoms with Crippen molar-refractivity contribution in [3.05, 3.63) is 58.3 Å². The van der Waals surface area contributed by atoms with Gasteiger partial charge in [-0.3, -0.25) is 0 Å². The van der Waals surface area contributed by atoms with Gasteiger partial charge in [0.15, 0.2) is 5.69 Å². The maximum absolute atomic E-state index is 12.8. The highest BCUT2D eigenvalue weighted by molar-refractivity contribution is 5.99. The number of pyridine rings is 1. The third-order valence-corrected chi connectivity index (χ3v) is 5.51. The molecule has 0 saturated carbocycles. The molecule has 0 fully saturated rings. The zero-order chi connectivity index (χ0) is 35.6. The highest BCUT2D eigenvalue weighted by Gasteiger charge is 2.38. The lowest BCUT2D eigenvalue weighted by Crippen LogP contribution is -2.37. The lowest BCUT2D eigenvalue weighted by molar-refractivity contribution is -0.510. The summed E-state index contributed by atoms with van der Waals surface area (Å²) in [5, 5.41) is 19.3. The van der Waals surface area contributed by atoms with Gasteiger partial charge < -0.3 is 34.8 Å². The van der Waals surface area contributed by atoms with Gasteiger partial charge in [-0.15, -0.1) is 0 Å². The maximum Gasteiger partial charge on any atom is 0.490 e. The molecule has 4 N–H and O–H groups in total. The van der Waals surface area contributed by atoms with Crippen LogP contribution in [0.2, 0.25) is 0 Å². The number of rotatable bonds is 8. The smallest absolute Gasteiger partial charge is 0.490 e. The highest BCUT2D eigenvalue weighted by Crippen LogP contribution is 2.24. The minimum Gasteiger partial charge on any atom is -0.542 e. The van der Waals surface area contributed by atoms with E-state index in [1.165, 1.54) is 0 Å². The Balaban J connectivity index is 0.000000629. The number of carbonyl (C=O) groups is 4. The molecule has 0 saturated heterocycles. The largest absolute Gasteiger partial charge is 0.542 e. The van der Waals surface area contributed by atoms with E-state index in [1.807, 2.05) is 50.6 Å². The second-order valence-electron chi connectivity index (χ2n) is 10.3. The van der Waals surface area contributed by atoms with Gasteiger partial charge in [0.2, 0.25) is 0 Å². The first-order valence-corrected chi connectivity index (χ1v) is 13.4. The molecular weight excluding hydrogens is 634 g/mol. The Kier molecular flexibility index (Phi) is 13.8. The van der Waals surface area contributed by atoms with Crippen LogP contribution in [-0.4, -0.2) is 63.5 Å². The summed E-state index contributed by atoms with van der Waals surface area (Å²) in [4.78, 5) is 49.7. The van der Waals surface area contributed by atoms with Gasteiger partial charge in [0, 0.05) is 17.8 Å². The van der Waals surface area contributed by atoms with Gasteiger partial charge in [0.05, 0.1) is 24.9 Å². The first-order chi connectivity index (χ1) is 21.0. The Morgan fingerprint density at radius 2 is 1.54 bits per heavy atom. The second kappa shape index (κ2) is 16.1. The molecule has 3 aromatic heterocycles. The number of alkyl halides is 6. The fraction of sp³-hybridized carbons (Fsp3) is 0.464. The van der Waals surface area contributed by atoms with Gasteiger partial charge >= 0.3 is 30.3 Å². The predicted octanol–water partition coefficient (Wildman–Crippen LogP) is 3.31. The number of aromatic amines is 2.